The predicted octanol–water partition coefficient (Wildman–Crippen LogP) is 0.0850. The summed E-state index contributed by atoms with van der Waals surface area (Å²) in [6.45, 7) is 0.208. The van der Waals surface area contributed by atoms with Crippen LogP contribution in [0.1, 0.15) is 5.89 Å². The Bertz CT molecular complexity index is 514. The number of rotatable bonds is 6. The average Bonchev–Trinajstić information content (AvgIpc) is 2.87. The number of nitrogens with zero attached hydrogens (tertiary/aromatic N) is 4. The summed E-state index contributed by atoms with van der Waals surface area (Å²) in [7, 11) is 3.02. The molecule has 0 aliphatic rings. The third-order valence-corrected chi connectivity index (χ3v) is 2.32. The molecule has 102 valence electrons. The molecule has 2 aromatic heterocycles. The normalized spacial score (nSPS) is 12.4. The number of methoxy groups -OCH3 is 2. The Morgan fingerprint density at radius 1 is 1.32 bits per heavy atom. The van der Waals surface area contributed by atoms with E-state index in [1.165, 1.54) is 14.2 Å². The highest BCUT2D eigenvalue weighted by Crippen LogP contribution is 2.14. The molecule has 8 nitrogen and oxygen atoms in total. The van der Waals surface area contributed by atoms with Gasteiger partial charge < -0.3 is 19.1 Å². The minimum atomic E-state index is -0.680. The lowest BCUT2D eigenvalue weighted by Gasteiger charge is -2.04. The van der Waals surface area contributed by atoms with E-state index in [0.717, 1.165) is 0 Å². The largest absolute Gasteiger partial charge is 0.480 e. The van der Waals surface area contributed by atoms with E-state index >= 15 is 0 Å². The molecule has 0 spiro atoms. The topological polar surface area (TPSA) is 103 Å². The molecule has 0 aromatic carbocycles. The Balaban J connectivity index is 2.07. The molecule has 0 fully saturated rings. The lowest BCUT2D eigenvalue weighted by molar-refractivity contribution is 0.0599. The number of hydrogen-bond donors (Lipinski definition) is 1. The molecule has 1 unspecified atom stereocenters. The molecular weight excluding hydrogens is 252 g/mol. The van der Waals surface area contributed by atoms with Crippen LogP contribution in [0.5, 0.6) is 5.88 Å². The van der Waals surface area contributed by atoms with Crippen molar-refractivity contribution in [2.24, 2.45) is 0 Å². The van der Waals surface area contributed by atoms with Crippen LogP contribution in [-0.2, 0) is 11.2 Å². The fraction of sp³-hybridized carbons (Fsp3) is 0.455. The summed E-state index contributed by atoms with van der Waals surface area (Å²) in [4.78, 5) is 4.12. The molecule has 2 aromatic rings. The Morgan fingerprint density at radius 2 is 2.16 bits per heavy atom. The molecule has 1 atom stereocenters. The second-order valence-corrected chi connectivity index (χ2v) is 3.79. The van der Waals surface area contributed by atoms with E-state index in [4.69, 9.17) is 14.0 Å². The van der Waals surface area contributed by atoms with Crippen molar-refractivity contribution >= 4 is 0 Å². The van der Waals surface area contributed by atoms with Crippen molar-refractivity contribution in [3.8, 4) is 17.4 Å². The summed E-state index contributed by atoms with van der Waals surface area (Å²) in [6.07, 6.45) is -0.454. The molecule has 0 saturated heterocycles. The number of aromatic nitrogens is 4. The first-order valence-electron chi connectivity index (χ1n) is 5.60. The SMILES string of the molecule is COCC(O)Cc1nc(-c2ccc(OC)nn2)no1. The van der Waals surface area contributed by atoms with Crippen LogP contribution in [-0.4, -0.2) is 52.4 Å². The van der Waals surface area contributed by atoms with Gasteiger partial charge in [0.2, 0.25) is 17.6 Å². The smallest absolute Gasteiger partial charge is 0.233 e. The first-order chi connectivity index (χ1) is 9.22. The van der Waals surface area contributed by atoms with Crippen molar-refractivity contribution in [1.29, 1.82) is 0 Å². The number of aliphatic hydroxyl groups excluding tert-OH is 1. The van der Waals surface area contributed by atoms with E-state index in [1.807, 2.05) is 0 Å². The van der Waals surface area contributed by atoms with Crippen molar-refractivity contribution in [2.45, 2.75) is 12.5 Å². The molecule has 0 saturated carbocycles. The maximum atomic E-state index is 9.55. The van der Waals surface area contributed by atoms with Crippen LogP contribution in [0.25, 0.3) is 11.5 Å². The molecule has 0 amide bonds. The fourth-order valence-electron chi connectivity index (χ4n) is 1.44. The second kappa shape index (κ2) is 6.21. The second-order valence-electron chi connectivity index (χ2n) is 3.79. The summed E-state index contributed by atoms with van der Waals surface area (Å²) in [6, 6.07) is 3.32. The minimum Gasteiger partial charge on any atom is -0.480 e. The van der Waals surface area contributed by atoms with Gasteiger partial charge in [0.25, 0.3) is 0 Å². The highest BCUT2D eigenvalue weighted by Gasteiger charge is 2.14. The summed E-state index contributed by atoms with van der Waals surface area (Å²) in [5.74, 6) is 1.04. The van der Waals surface area contributed by atoms with E-state index < -0.39 is 6.10 Å². The van der Waals surface area contributed by atoms with Gasteiger partial charge in [-0.05, 0) is 6.07 Å². The summed E-state index contributed by atoms with van der Waals surface area (Å²) < 4.78 is 14.7. The van der Waals surface area contributed by atoms with Gasteiger partial charge in [-0.25, -0.2) is 0 Å². The molecule has 0 aliphatic carbocycles. The Morgan fingerprint density at radius 3 is 2.79 bits per heavy atom. The van der Waals surface area contributed by atoms with Crippen LogP contribution in [0.3, 0.4) is 0 Å². The van der Waals surface area contributed by atoms with Gasteiger partial charge in [-0.15, -0.1) is 10.2 Å². The summed E-state index contributed by atoms with van der Waals surface area (Å²) in [5, 5.41) is 21.0. The van der Waals surface area contributed by atoms with Crippen LogP contribution in [0.2, 0.25) is 0 Å². The molecule has 0 radical (unpaired) electrons. The Labute approximate surface area is 109 Å². The van der Waals surface area contributed by atoms with Crippen LogP contribution in [0.15, 0.2) is 16.7 Å². The van der Waals surface area contributed by atoms with Crippen molar-refractivity contribution in [2.75, 3.05) is 20.8 Å². The molecule has 2 heterocycles. The Hall–Kier alpha value is -2.06. The van der Waals surface area contributed by atoms with Crippen molar-refractivity contribution in [1.82, 2.24) is 20.3 Å². The molecule has 8 heteroatoms. The minimum absolute atomic E-state index is 0.208. The Kier molecular flexibility index (Phi) is 4.37. The van der Waals surface area contributed by atoms with Gasteiger partial charge in [0.15, 0.2) is 0 Å². The molecule has 1 N–H and O–H groups in total. The van der Waals surface area contributed by atoms with Crippen molar-refractivity contribution in [3.63, 3.8) is 0 Å². The lowest BCUT2D eigenvalue weighted by atomic mass is 10.3. The lowest BCUT2D eigenvalue weighted by Crippen LogP contribution is -2.17. The monoisotopic (exact) mass is 266 g/mol. The van der Waals surface area contributed by atoms with Gasteiger partial charge in [-0.3, -0.25) is 0 Å². The highest BCUT2D eigenvalue weighted by atomic mass is 16.5. The van der Waals surface area contributed by atoms with Crippen molar-refractivity contribution < 1.29 is 19.1 Å². The maximum Gasteiger partial charge on any atom is 0.233 e. The number of hydrogen-bond acceptors (Lipinski definition) is 8. The standard InChI is InChI=1S/C11H14N4O4/c1-17-6-7(16)5-10-12-11(15-19-10)8-3-4-9(18-2)14-13-8/h3-4,7,16H,5-6H2,1-2H3. The van der Waals surface area contributed by atoms with E-state index in [2.05, 4.69) is 20.3 Å². The average molecular weight is 266 g/mol. The quantitative estimate of drug-likeness (QED) is 0.784. The zero-order valence-electron chi connectivity index (χ0n) is 10.6. The van der Waals surface area contributed by atoms with E-state index in [1.54, 1.807) is 12.1 Å². The molecule has 19 heavy (non-hydrogen) atoms. The van der Waals surface area contributed by atoms with E-state index in [-0.39, 0.29) is 13.0 Å². The summed E-state index contributed by atoms with van der Waals surface area (Å²) >= 11 is 0. The van der Waals surface area contributed by atoms with Crippen LogP contribution in [0.4, 0.5) is 0 Å². The van der Waals surface area contributed by atoms with Gasteiger partial charge in [-0.2, -0.15) is 4.98 Å². The maximum absolute atomic E-state index is 9.55. The first-order valence-corrected chi connectivity index (χ1v) is 5.60. The van der Waals surface area contributed by atoms with Gasteiger partial charge in [0.05, 0.1) is 26.2 Å². The van der Waals surface area contributed by atoms with E-state index in [0.29, 0.717) is 23.3 Å². The number of ether oxygens (including phenoxy) is 2. The highest BCUT2D eigenvalue weighted by molar-refractivity contribution is 5.47. The van der Waals surface area contributed by atoms with Gasteiger partial charge in [-0.1, -0.05) is 5.16 Å². The van der Waals surface area contributed by atoms with Crippen LogP contribution >= 0.6 is 0 Å². The van der Waals surface area contributed by atoms with Crippen LogP contribution in [0, 0.1) is 0 Å². The van der Waals surface area contributed by atoms with Crippen LogP contribution < -0.4 is 4.74 Å². The van der Waals surface area contributed by atoms with Gasteiger partial charge in [0, 0.05) is 13.2 Å². The first kappa shape index (κ1) is 13.4. The molecular formula is C11H14N4O4. The number of aliphatic hydroxyl groups is 1. The molecule has 0 aliphatic heterocycles. The molecule has 0 bridgehead atoms. The molecule has 2 rings (SSSR count). The third kappa shape index (κ3) is 3.46. The zero-order valence-corrected chi connectivity index (χ0v) is 10.6. The predicted molar refractivity (Wildman–Crippen MR) is 63.5 cm³/mol. The summed E-state index contributed by atoms with van der Waals surface area (Å²) in [5.41, 5.74) is 0.469. The van der Waals surface area contributed by atoms with Gasteiger partial charge >= 0.3 is 0 Å². The van der Waals surface area contributed by atoms with Gasteiger partial charge in [0.1, 0.15) is 5.69 Å². The van der Waals surface area contributed by atoms with Crippen molar-refractivity contribution in [3.05, 3.63) is 18.0 Å². The fourth-order valence-corrected chi connectivity index (χ4v) is 1.44. The van der Waals surface area contributed by atoms with E-state index in [9.17, 15) is 5.11 Å². The zero-order chi connectivity index (χ0) is 13.7. The third-order valence-electron chi connectivity index (χ3n) is 2.32.